The Hall–Kier alpha value is -1.30. The van der Waals surface area contributed by atoms with Crippen LogP contribution in [0, 0.1) is 6.92 Å². The highest BCUT2D eigenvalue weighted by Crippen LogP contribution is 2.28. The third kappa shape index (κ3) is 3.91. The molecule has 5 heteroatoms. The lowest BCUT2D eigenvalue weighted by Gasteiger charge is -2.26. The molecule has 1 aromatic carbocycles. The molecule has 3 heterocycles. The number of rotatable bonds is 9. The van der Waals surface area contributed by atoms with Crippen LogP contribution in [0.1, 0.15) is 12.0 Å². The molecule has 0 bridgehead atoms. The van der Waals surface area contributed by atoms with Gasteiger partial charge in [-0.2, -0.15) is 0 Å². The standard InChI is InChI=1S/C17H23NO4/c1-12-6-13(19-10-16-11-22-16)2-3-17(12)18(7-15-9-21-15)5-4-14-8-20-14/h2-3,6,14-16H,4-5,7-11H2,1H3. The second kappa shape index (κ2) is 6.07. The number of hydrogen-bond donors (Lipinski definition) is 0. The fourth-order valence-corrected chi connectivity index (χ4v) is 2.69. The Morgan fingerprint density at radius 2 is 1.82 bits per heavy atom. The molecule has 3 unspecified atom stereocenters. The molecule has 3 aliphatic rings. The maximum atomic E-state index is 5.76. The first-order chi connectivity index (χ1) is 10.8. The minimum Gasteiger partial charge on any atom is -0.491 e. The summed E-state index contributed by atoms with van der Waals surface area (Å²) in [5.74, 6) is 0.921. The van der Waals surface area contributed by atoms with Crippen molar-refractivity contribution in [2.45, 2.75) is 31.7 Å². The molecule has 0 amide bonds. The average molecular weight is 305 g/mol. The van der Waals surface area contributed by atoms with Crippen LogP contribution >= 0.6 is 0 Å². The number of benzene rings is 1. The van der Waals surface area contributed by atoms with Gasteiger partial charge in [-0.15, -0.1) is 0 Å². The molecule has 3 atom stereocenters. The van der Waals surface area contributed by atoms with Crippen molar-refractivity contribution in [3.8, 4) is 5.75 Å². The Morgan fingerprint density at radius 1 is 1.09 bits per heavy atom. The molecular formula is C17H23NO4. The molecule has 120 valence electrons. The molecule has 22 heavy (non-hydrogen) atoms. The van der Waals surface area contributed by atoms with Gasteiger partial charge in [0.05, 0.1) is 32.0 Å². The quantitative estimate of drug-likeness (QED) is 0.651. The van der Waals surface area contributed by atoms with Gasteiger partial charge in [0.25, 0.3) is 0 Å². The van der Waals surface area contributed by atoms with Gasteiger partial charge >= 0.3 is 0 Å². The fraction of sp³-hybridized carbons (Fsp3) is 0.647. The molecule has 0 aliphatic carbocycles. The number of aryl methyl sites for hydroxylation is 1. The van der Waals surface area contributed by atoms with Crippen molar-refractivity contribution in [2.24, 2.45) is 0 Å². The molecule has 1 aromatic rings. The van der Waals surface area contributed by atoms with E-state index in [2.05, 4.69) is 30.0 Å². The molecule has 0 saturated carbocycles. The lowest BCUT2D eigenvalue weighted by Crippen LogP contribution is -2.30. The number of epoxide rings is 3. The third-order valence-corrected chi connectivity index (χ3v) is 4.30. The number of hydrogen-bond acceptors (Lipinski definition) is 5. The van der Waals surface area contributed by atoms with Crippen LogP contribution in [0.3, 0.4) is 0 Å². The fourth-order valence-electron chi connectivity index (χ4n) is 2.69. The summed E-state index contributed by atoms with van der Waals surface area (Å²) in [6.45, 7) is 7.41. The normalized spacial score (nSPS) is 28.3. The van der Waals surface area contributed by atoms with Gasteiger partial charge in [-0.25, -0.2) is 0 Å². The predicted octanol–water partition coefficient (Wildman–Crippen LogP) is 1.77. The Balaban J connectivity index is 1.41. The smallest absolute Gasteiger partial charge is 0.119 e. The molecule has 0 radical (unpaired) electrons. The summed E-state index contributed by atoms with van der Waals surface area (Å²) in [4.78, 5) is 2.42. The van der Waals surface area contributed by atoms with E-state index in [1.807, 2.05) is 0 Å². The minimum atomic E-state index is 0.294. The van der Waals surface area contributed by atoms with Crippen molar-refractivity contribution in [1.29, 1.82) is 0 Å². The zero-order chi connectivity index (χ0) is 14.9. The van der Waals surface area contributed by atoms with Crippen molar-refractivity contribution in [3.05, 3.63) is 23.8 Å². The molecular weight excluding hydrogens is 282 g/mol. The van der Waals surface area contributed by atoms with Gasteiger partial charge in [-0.05, 0) is 37.1 Å². The zero-order valence-electron chi connectivity index (χ0n) is 13.0. The van der Waals surface area contributed by atoms with Crippen molar-refractivity contribution in [2.75, 3.05) is 44.4 Å². The van der Waals surface area contributed by atoms with E-state index in [9.17, 15) is 0 Å². The average Bonchev–Trinajstić information content (AvgIpc) is 3.38. The lowest BCUT2D eigenvalue weighted by molar-refractivity contribution is 0.263. The summed E-state index contributed by atoms with van der Waals surface area (Å²) in [6, 6.07) is 6.33. The van der Waals surface area contributed by atoms with Crippen LogP contribution in [-0.4, -0.2) is 57.8 Å². The van der Waals surface area contributed by atoms with Gasteiger partial charge in [-0.1, -0.05) is 0 Å². The van der Waals surface area contributed by atoms with E-state index in [0.29, 0.717) is 24.9 Å². The van der Waals surface area contributed by atoms with Crippen LogP contribution in [-0.2, 0) is 14.2 Å². The Bertz CT molecular complexity index is 523. The molecule has 0 N–H and O–H groups in total. The van der Waals surface area contributed by atoms with E-state index in [-0.39, 0.29) is 0 Å². The van der Waals surface area contributed by atoms with Crippen LogP contribution in [0.4, 0.5) is 5.69 Å². The monoisotopic (exact) mass is 305 g/mol. The second-order valence-corrected chi connectivity index (χ2v) is 6.36. The van der Waals surface area contributed by atoms with E-state index < -0.39 is 0 Å². The largest absolute Gasteiger partial charge is 0.491 e. The Labute approximate surface area is 131 Å². The number of anilines is 1. The van der Waals surface area contributed by atoms with Crippen molar-refractivity contribution in [1.82, 2.24) is 0 Å². The van der Waals surface area contributed by atoms with Crippen LogP contribution in [0.5, 0.6) is 5.75 Å². The van der Waals surface area contributed by atoms with E-state index >= 15 is 0 Å². The molecule has 0 aromatic heterocycles. The maximum absolute atomic E-state index is 5.76. The third-order valence-electron chi connectivity index (χ3n) is 4.30. The van der Waals surface area contributed by atoms with Crippen molar-refractivity contribution >= 4 is 5.69 Å². The Kier molecular flexibility index (Phi) is 3.94. The minimum absolute atomic E-state index is 0.294. The van der Waals surface area contributed by atoms with E-state index in [0.717, 1.165) is 45.1 Å². The van der Waals surface area contributed by atoms with Crippen LogP contribution in [0.25, 0.3) is 0 Å². The van der Waals surface area contributed by atoms with Gasteiger partial charge in [0.1, 0.15) is 18.5 Å². The summed E-state index contributed by atoms with van der Waals surface area (Å²) < 4.78 is 21.7. The first kappa shape index (κ1) is 14.3. The van der Waals surface area contributed by atoms with Crippen LogP contribution in [0.2, 0.25) is 0 Å². The molecule has 5 nitrogen and oxygen atoms in total. The van der Waals surface area contributed by atoms with E-state index in [1.165, 1.54) is 11.3 Å². The molecule has 3 fully saturated rings. The van der Waals surface area contributed by atoms with Gasteiger partial charge in [-0.3, -0.25) is 0 Å². The van der Waals surface area contributed by atoms with Crippen molar-refractivity contribution < 1.29 is 18.9 Å². The van der Waals surface area contributed by atoms with Gasteiger partial charge in [0, 0.05) is 18.8 Å². The topological polar surface area (TPSA) is 50.1 Å². The van der Waals surface area contributed by atoms with Gasteiger partial charge < -0.3 is 23.8 Å². The highest BCUT2D eigenvalue weighted by Gasteiger charge is 2.29. The van der Waals surface area contributed by atoms with Gasteiger partial charge in [0.2, 0.25) is 0 Å². The van der Waals surface area contributed by atoms with Crippen molar-refractivity contribution in [3.63, 3.8) is 0 Å². The number of nitrogens with zero attached hydrogens (tertiary/aromatic N) is 1. The highest BCUT2D eigenvalue weighted by molar-refractivity contribution is 5.56. The van der Waals surface area contributed by atoms with Gasteiger partial charge in [0.15, 0.2) is 0 Å². The molecule has 4 rings (SSSR count). The molecule has 0 spiro atoms. The predicted molar refractivity (Wildman–Crippen MR) is 82.7 cm³/mol. The van der Waals surface area contributed by atoms with Crippen LogP contribution in [0.15, 0.2) is 18.2 Å². The van der Waals surface area contributed by atoms with E-state index in [1.54, 1.807) is 0 Å². The molecule has 3 saturated heterocycles. The highest BCUT2D eigenvalue weighted by atomic mass is 16.6. The zero-order valence-corrected chi connectivity index (χ0v) is 13.0. The Morgan fingerprint density at radius 3 is 2.45 bits per heavy atom. The summed E-state index contributed by atoms with van der Waals surface area (Å²) in [5.41, 5.74) is 2.51. The first-order valence-corrected chi connectivity index (χ1v) is 8.11. The number of ether oxygens (including phenoxy) is 4. The summed E-state index contributed by atoms with van der Waals surface area (Å²) in [7, 11) is 0. The summed E-state index contributed by atoms with van der Waals surface area (Å²) >= 11 is 0. The summed E-state index contributed by atoms with van der Waals surface area (Å²) in [5, 5.41) is 0. The maximum Gasteiger partial charge on any atom is 0.119 e. The second-order valence-electron chi connectivity index (χ2n) is 6.36. The first-order valence-electron chi connectivity index (χ1n) is 8.11. The van der Waals surface area contributed by atoms with Crippen LogP contribution < -0.4 is 9.64 Å². The van der Waals surface area contributed by atoms with E-state index in [4.69, 9.17) is 18.9 Å². The SMILES string of the molecule is Cc1cc(OCC2CO2)ccc1N(CCC1CO1)CC1CO1. The summed E-state index contributed by atoms with van der Waals surface area (Å²) in [6.07, 6.45) is 2.23. The lowest BCUT2D eigenvalue weighted by atomic mass is 10.1. The molecule has 3 aliphatic heterocycles.